The lowest BCUT2D eigenvalue weighted by Crippen LogP contribution is -2.11. The Bertz CT molecular complexity index is 876. The summed E-state index contributed by atoms with van der Waals surface area (Å²) in [7, 11) is 0. The number of hydrogen-bond acceptors (Lipinski definition) is 4. The number of aromatic amines is 1. The van der Waals surface area contributed by atoms with E-state index in [0.29, 0.717) is 6.61 Å². The van der Waals surface area contributed by atoms with Gasteiger partial charge in [0.25, 0.3) is 0 Å². The Labute approximate surface area is 145 Å². The number of hydrogen-bond donors (Lipinski definition) is 1. The average molecular weight is 340 g/mol. The monoisotopic (exact) mass is 340 g/mol. The predicted molar refractivity (Wildman–Crippen MR) is 99.0 cm³/mol. The summed E-state index contributed by atoms with van der Waals surface area (Å²) in [6, 6.07) is 14.5. The van der Waals surface area contributed by atoms with E-state index in [2.05, 4.69) is 34.2 Å². The van der Waals surface area contributed by atoms with Crippen LogP contribution in [0.1, 0.15) is 18.4 Å². The van der Waals surface area contributed by atoms with Crippen LogP contribution in [0, 0.1) is 6.92 Å². The number of nitrogens with zero attached hydrogens (tertiary/aromatic N) is 1. The van der Waals surface area contributed by atoms with E-state index in [1.54, 1.807) is 18.0 Å². The summed E-state index contributed by atoms with van der Waals surface area (Å²) in [6.07, 6.45) is 3.63. The van der Waals surface area contributed by atoms with E-state index in [0.717, 1.165) is 34.9 Å². The minimum atomic E-state index is -0.289. The summed E-state index contributed by atoms with van der Waals surface area (Å²) in [4.78, 5) is 17.7. The Balaban J connectivity index is 1.42. The van der Waals surface area contributed by atoms with E-state index in [4.69, 9.17) is 4.74 Å². The highest BCUT2D eigenvalue weighted by atomic mass is 32.2. The second kappa shape index (κ2) is 8.02. The standard InChI is InChI=1S/C19H20N2O2S/c1-14-13-20-19(22)21-18(14)24-11-5-4-10-23-17-9-8-15-6-2-3-7-16(15)12-17/h2-3,6-9,12-13H,4-5,10-11H2,1H3,(H,20,21,22). The minimum absolute atomic E-state index is 0.289. The fourth-order valence-corrected chi connectivity index (χ4v) is 3.41. The van der Waals surface area contributed by atoms with Gasteiger partial charge in [-0.2, -0.15) is 0 Å². The van der Waals surface area contributed by atoms with Crippen molar-refractivity contribution in [3.8, 4) is 5.75 Å². The molecule has 0 unspecified atom stereocenters. The number of ether oxygens (including phenoxy) is 1. The molecule has 1 heterocycles. The van der Waals surface area contributed by atoms with Gasteiger partial charge in [0.15, 0.2) is 0 Å². The Kier molecular flexibility index (Phi) is 5.54. The molecule has 0 spiro atoms. The van der Waals surface area contributed by atoms with E-state index in [9.17, 15) is 4.79 Å². The number of benzene rings is 2. The van der Waals surface area contributed by atoms with Crippen molar-refractivity contribution in [2.24, 2.45) is 0 Å². The van der Waals surface area contributed by atoms with Gasteiger partial charge < -0.3 is 9.72 Å². The normalized spacial score (nSPS) is 10.9. The molecule has 1 aromatic heterocycles. The molecule has 24 heavy (non-hydrogen) atoms. The fourth-order valence-electron chi connectivity index (χ4n) is 2.42. The lowest BCUT2D eigenvalue weighted by molar-refractivity contribution is 0.310. The molecular formula is C19H20N2O2S. The van der Waals surface area contributed by atoms with Crippen LogP contribution in [0.2, 0.25) is 0 Å². The maximum absolute atomic E-state index is 11.2. The largest absolute Gasteiger partial charge is 0.494 e. The number of aromatic nitrogens is 2. The Morgan fingerprint density at radius 2 is 1.96 bits per heavy atom. The van der Waals surface area contributed by atoms with E-state index in [1.807, 2.05) is 25.1 Å². The van der Waals surface area contributed by atoms with Crippen LogP contribution in [0.4, 0.5) is 0 Å². The first-order valence-electron chi connectivity index (χ1n) is 8.03. The molecule has 0 bridgehead atoms. The molecule has 0 saturated heterocycles. The number of rotatable bonds is 7. The summed E-state index contributed by atoms with van der Waals surface area (Å²) in [5.74, 6) is 1.86. The van der Waals surface area contributed by atoms with Gasteiger partial charge in [-0.3, -0.25) is 0 Å². The Morgan fingerprint density at radius 1 is 1.12 bits per heavy atom. The third kappa shape index (κ3) is 4.38. The van der Waals surface area contributed by atoms with Crippen molar-refractivity contribution in [1.82, 2.24) is 9.97 Å². The van der Waals surface area contributed by atoms with Crippen LogP contribution in [-0.4, -0.2) is 22.3 Å². The van der Waals surface area contributed by atoms with Crippen molar-refractivity contribution in [2.75, 3.05) is 12.4 Å². The zero-order valence-corrected chi connectivity index (χ0v) is 14.4. The summed E-state index contributed by atoms with van der Waals surface area (Å²) >= 11 is 1.66. The molecular weight excluding hydrogens is 320 g/mol. The summed E-state index contributed by atoms with van der Waals surface area (Å²) in [6.45, 7) is 2.65. The summed E-state index contributed by atoms with van der Waals surface area (Å²) in [5.41, 5.74) is 0.717. The maximum Gasteiger partial charge on any atom is 0.345 e. The van der Waals surface area contributed by atoms with Gasteiger partial charge in [0, 0.05) is 6.20 Å². The highest BCUT2D eigenvalue weighted by molar-refractivity contribution is 7.99. The van der Waals surface area contributed by atoms with Crippen molar-refractivity contribution in [3.63, 3.8) is 0 Å². The van der Waals surface area contributed by atoms with Crippen molar-refractivity contribution in [1.29, 1.82) is 0 Å². The molecule has 3 aromatic rings. The van der Waals surface area contributed by atoms with Crippen LogP contribution in [-0.2, 0) is 0 Å². The minimum Gasteiger partial charge on any atom is -0.494 e. The molecule has 0 amide bonds. The second-order valence-corrected chi connectivity index (χ2v) is 6.72. The van der Waals surface area contributed by atoms with Gasteiger partial charge in [-0.25, -0.2) is 9.78 Å². The third-order valence-electron chi connectivity index (χ3n) is 3.73. The SMILES string of the molecule is Cc1cnc(=O)[nH]c1SCCCCOc1ccc2ccccc2c1. The fraction of sp³-hybridized carbons (Fsp3) is 0.263. The molecule has 0 radical (unpaired) electrons. The van der Waals surface area contributed by atoms with Crippen molar-refractivity contribution in [2.45, 2.75) is 24.8 Å². The molecule has 0 aliphatic carbocycles. The van der Waals surface area contributed by atoms with Crippen molar-refractivity contribution in [3.05, 3.63) is 64.7 Å². The van der Waals surface area contributed by atoms with Gasteiger partial charge in [-0.05, 0) is 54.0 Å². The molecule has 0 aliphatic rings. The van der Waals surface area contributed by atoms with Crippen LogP contribution in [0.15, 0.2) is 58.5 Å². The number of thioether (sulfide) groups is 1. The number of unbranched alkanes of at least 4 members (excludes halogenated alkanes) is 1. The van der Waals surface area contributed by atoms with Gasteiger partial charge in [0.05, 0.1) is 11.6 Å². The molecule has 4 nitrogen and oxygen atoms in total. The van der Waals surface area contributed by atoms with Crippen LogP contribution in [0.25, 0.3) is 10.8 Å². The molecule has 5 heteroatoms. The van der Waals surface area contributed by atoms with Crippen LogP contribution < -0.4 is 10.4 Å². The average Bonchev–Trinajstić information content (AvgIpc) is 2.60. The number of fused-ring (bicyclic) bond motifs is 1. The highest BCUT2D eigenvalue weighted by Gasteiger charge is 2.01. The first kappa shape index (κ1) is 16.6. The van der Waals surface area contributed by atoms with Crippen molar-refractivity contribution >= 4 is 22.5 Å². The molecule has 0 saturated carbocycles. The van der Waals surface area contributed by atoms with Crippen LogP contribution >= 0.6 is 11.8 Å². The lowest BCUT2D eigenvalue weighted by atomic mass is 10.1. The quantitative estimate of drug-likeness (QED) is 0.398. The van der Waals surface area contributed by atoms with E-state index in [1.165, 1.54) is 10.8 Å². The molecule has 124 valence electrons. The first-order valence-corrected chi connectivity index (χ1v) is 9.01. The summed E-state index contributed by atoms with van der Waals surface area (Å²) < 4.78 is 5.83. The molecule has 0 atom stereocenters. The smallest absolute Gasteiger partial charge is 0.345 e. The Morgan fingerprint density at radius 3 is 2.83 bits per heavy atom. The van der Waals surface area contributed by atoms with Crippen molar-refractivity contribution < 1.29 is 4.74 Å². The topological polar surface area (TPSA) is 55.0 Å². The van der Waals surface area contributed by atoms with Crippen LogP contribution in [0.3, 0.4) is 0 Å². The number of aryl methyl sites for hydroxylation is 1. The molecule has 3 rings (SSSR count). The molecule has 0 aliphatic heterocycles. The molecule has 2 aromatic carbocycles. The third-order valence-corrected chi connectivity index (χ3v) is 4.93. The zero-order valence-electron chi connectivity index (χ0n) is 13.6. The predicted octanol–water partition coefficient (Wildman–Crippen LogP) is 4.18. The number of H-pyrrole nitrogens is 1. The second-order valence-electron chi connectivity index (χ2n) is 5.61. The van der Waals surface area contributed by atoms with E-state index >= 15 is 0 Å². The summed E-state index contributed by atoms with van der Waals surface area (Å²) in [5, 5.41) is 3.33. The lowest BCUT2D eigenvalue weighted by Gasteiger charge is -2.08. The first-order chi connectivity index (χ1) is 11.7. The van der Waals surface area contributed by atoms with Gasteiger partial charge >= 0.3 is 5.69 Å². The van der Waals surface area contributed by atoms with Gasteiger partial charge in [0.1, 0.15) is 5.75 Å². The molecule has 0 fully saturated rings. The van der Waals surface area contributed by atoms with E-state index < -0.39 is 0 Å². The maximum atomic E-state index is 11.2. The highest BCUT2D eigenvalue weighted by Crippen LogP contribution is 2.21. The zero-order chi connectivity index (χ0) is 16.8. The van der Waals surface area contributed by atoms with E-state index in [-0.39, 0.29) is 5.69 Å². The Hall–Kier alpha value is -2.27. The number of nitrogens with one attached hydrogen (secondary N) is 1. The van der Waals surface area contributed by atoms with Gasteiger partial charge in [-0.15, -0.1) is 11.8 Å². The van der Waals surface area contributed by atoms with Gasteiger partial charge in [-0.1, -0.05) is 30.3 Å². The van der Waals surface area contributed by atoms with Gasteiger partial charge in [0.2, 0.25) is 0 Å². The van der Waals surface area contributed by atoms with Crippen LogP contribution in [0.5, 0.6) is 5.75 Å². The molecule has 1 N–H and O–H groups in total.